The monoisotopic (exact) mass is 312 g/mol. The van der Waals surface area contributed by atoms with Crippen LogP contribution < -0.4 is 4.74 Å². The van der Waals surface area contributed by atoms with Crippen LogP contribution in [0, 0.1) is 5.92 Å². The standard InChI is InChI=1S/C15H24N2O3S/c1-16(2)21(18,19)17-10-6-7-13(12-17)11-14-8-4-5-9-15(14)20-3/h4-5,8-9,13H,6-7,10-12H2,1-3H3/t13-/m0/s1. The second-order valence-electron chi connectivity index (χ2n) is 5.67. The lowest BCUT2D eigenvalue weighted by molar-refractivity contribution is 0.253. The first-order chi connectivity index (χ1) is 9.95. The average Bonchev–Trinajstić information content (AvgIpc) is 2.48. The van der Waals surface area contributed by atoms with Crippen molar-refractivity contribution in [3.63, 3.8) is 0 Å². The maximum atomic E-state index is 12.2. The van der Waals surface area contributed by atoms with Gasteiger partial charge in [0.1, 0.15) is 5.75 Å². The molecule has 1 saturated heterocycles. The van der Waals surface area contributed by atoms with Gasteiger partial charge in [0, 0.05) is 27.2 Å². The number of hydrogen-bond acceptors (Lipinski definition) is 3. The first kappa shape index (κ1) is 16.3. The Kier molecular flexibility index (Phi) is 5.24. The first-order valence-electron chi connectivity index (χ1n) is 7.24. The molecule has 0 radical (unpaired) electrons. The largest absolute Gasteiger partial charge is 0.496 e. The van der Waals surface area contributed by atoms with E-state index in [-0.39, 0.29) is 0 Å². The number of ether oxygens (including phenoxy) is 1. The SMILES string of the molecule is COc1ccccc1C[C@@H]1CCCN(S(=O)(=O)N(C)C)C1. The Morgan fingerprint density at radius 3 is 2.71 bits per heavy atom. The number of benzene rings is 1. The van der Waals surface area contributed by atoms with Crippen molar-refractivity contribution in [3.8, 4) is 5.75 Å². The van der Waals surface area contributed by atoms with Gasteiger partial charge in [-0.25, -0.2) is 0 Å². The van der Waals surface area contributed by atoms with E-state index in [4.69, 9.17) is 4.74 Å². The molecule has 0 N–H and O–H groups in total. The van der Waals surface area contributed by atoms with Crippen molar-refractivity contribution in [1.82, 2.24) is 8.61 Å². The van der Waals surface area contributed by atoms with Gasteiger partial charge in [-0.05, 0) is 36.8 Å². The van der Waals surface area contributed by atoms with Gasteiger partial charge in [-0.2, -0.15) is 17.0 Å². The van der Waals surface area contributed by atoms with Crippen molar-refractivity contribution in [1.29, 1.82) is 0 Å². The van der Waals surface area contributed by atoms with Gasteiger partial charge in [0.05, 0.1) is 7.11 Å². The molecule has 1 aromatic carbocycles. The fourth-order valence-corrected chi connectivity index (χ4v) is 4.04. The summed E-state index contributed by atoms with van der Waals surface area (Å²) in [5.41, 5.74) is 1.15. The van der Waals surface area contributed by atoms with Crippen LogP contribution in [0.4, 0.5) is 0 Å². The van der Waals surface area contributed by atoms with Crippen molar-refractivity contribution in [3.05, 3.63) is 29.8 Å². The molecule has 0 bridgehead atoms. The Labute approximate surface area is 127 Å². The molecular formula is C15H24N2O3S. The average molecular weight is 312 g/mol. The summed E-state index contributed by atoms with van der Waals surface area (Å²) in [5, 5.41) is 0. The Balaban J connectivity index is 2.08. The summed E-state index contributed by atoms with van der Waals surface area (Å²) in [6.07, 6.45) is 2.81. The number of para-hydroxylation sites is 1. The van der Waals surface area contributed by atoms with Crippen molar-refractivity contribution in [2.45, 2.75) is 19.3 Å². The lowest BCUT2D eigenvalue weighted by Gasteiger charge is -2.33. The molecule has 5 nitrogen and oxygen atoms in total. The molecule has 1 heterocycles. The highest BCUT2D eigenvalue weighted by molar-refractivity contribution is 7.86. The number of piperidine rings is 1. The second kappa shape index (κ2) is 6.77. The summed E-state index contributed by atoms with van der Waals surface area (Å²) < 4.78 is 32.7. The summed E-state index contributed by atoms with van der Waals surface area (Å²) in [6.45, 7) is 1.20. The molecule has 0 saturated carbocycles. The smallest absolute Gasteiger partial charge is 0.281 e. The molecule has 118 valence electrons. The van der Waals surface area contributed by atoms with Crippen molar-refractivity contribution >= 4 is 10.2 Å². The van der Waals surface area contributed by atoms with Gasteiger partial charge in [0.2, 0.25) is 0 Å². The van der Waals surface area contributed by atoms with Crippen LogP contribution in [0.2, 0.25) is 0 Å². The van der Waals surface area contributed by atoms with Gasteiger partial charge < -0.3 is 4.74 Å². The zero-order chi connectivity index (χ0) is 15.5. The maximum absolute atomic E-state index is 12.2. The fourth-order valence-electron chi connectivity index (χ4n) is 2.82. The molecule has 1 atom stereocenters. The van der Waals surface area contributed by atoms with Gasteiger partial charge in [0.15, 0.2) is 0 Å². The summed E-state index contributed by atoms with van der Waals surface area (Å²) in [4.78, 5) is 0. The van der Waals surface area contributed by atoms with Crippen LogP contribution in [0.25, 0.3) is 0 Å². The highest BCUT2D eigenvalue weighted by atomic mass is 32.2. The van der Waals surface area contributed by atoms with E-state index in [1.165, 1.54) is 4.31 Å². The van der Waals surface area contributed by atoms with Crippen LogP contribution in [0.15, 0.2) is 24.3 Å². The van der Waals surface area contributed by atoms with Crippen LogP contribution in [0.1, 0.15) is 18.4 Å². The van der Waals surface area contributed by atoms with Crippen molar-refractivity contribution in [2.24, 2.45) is 5.92 Å². The topological polar surface area (TPSA) is 49.9 Å². The van der Waals surface area contributed by atoms with Gasteiger partial charge in [-0.3, -0.25) is 0 Å². The van der Waals surface area contributed by atoms with E-state index >= 15 is 0 Å². The van der Waals surface area contributed by atoms with Gasteiger partial charge in [0.25, 0.3) is 10.2 Å². The summed E-state index contributed by atoms with van der Waals surface area (Å²) >= 11 is 0. The third kappa shape index (κ3) is 3.75. The highest BCUT2D eigenvalue weighted by Crippen LogP contribution is 2.27. The van der Waals surface area contributed by atoms with Crippen LogP contribution >= 0.6 is 0 Å². The van der Waals surface area contributed by atoms with Gasteiger partial charge >= 0.3 is 0 Å². The molecule has 1 aromatic rings. The second-order valence-corrected chi connectivity index (χ2v) is 7.81. The van der Waals surface area contributed by atoms with E-state index in [0.717, 1.165) is 30.6 Å². The third-order valence-corrected chi connectivity index (χ3v) is 5.88. The summed E-state index contributed by atoms with van der Waals surface area (Å²) in [6, 6.07) is 7.95. The molecule has 0 spiro atoms. The van der Waals surface area contributed by atoms with E-state index in [1.54, 1.807) is 25.5 Å². The molecule has 1 aliphatic heterocycles. The predicted molar refractivity (Wildman–Crippen MR) is 83.6 cm³/mol. The van der Waals surface area contributed by atoms with Crippen LogP contribution in [-0.4, -0.2) is 51.3 Å². The Bertz CT molecular complexity index is 572. The minimum absolute atomic E-state index is 0.338. The molecule has 0 aliphatic carbocycles. The third-order valence-electron chi connectivity index (χ3n) is 3.97. The minimum atomic E-state index is -3.31. The van der Waals surface area contributed by atoms with E-state index in [9.17, 15) is 8.42 Å². The number of rotatable bonds is 5. The van der Waals surface area contributed by atoms with Crippen LogP contribution in [0.5, 0.6) is 5.75 Å². The number of methoxy groups -OCH3 is 1. The number of nitrogens with zero attached hydrogens (tertiary/aromatic N) is 2. The van der Waals surface area contributed by atoms with Crippen LogP contribution in [-0.2, 0) is 16.6 Å². The molecule has 1 fully saturated rings. The van der Waals surface area contributed by atoms with E-state index in [2.05, 4.69) is 6.07 Å². The molecule has 1 aliphatic rings. The fraction of sp³-hybridized carbons (Fsp3) is 0.600. The molecule has 2 rings (SSSR count). The Hall–Kier alpha value is -1.11. The van der Waals surface area contributed by atoms with Crippen molar-refractivity contribution < 1.29 is 13.2 Å². The Morgan fingerprint density at radius 1 is 1.33 bits per heavy atom. The quantitative estimate of drug-likeness (QED) is 0.832. The van der Waals surface area contributed by atoms with E-state index in [1.807, 2.05) is 18.2 Å². The van der Waals surface area contributed by atoms with Gasteiger partial charge in [-0.1, -0.05) is 18.2 Å². The lowest BCUT2D eigenvalue weighted by atomic mass is 9.92. The molecule has 6 heteroatoms. The van der Waals surface area contributed by atoms with E-state index < -0.39 is 10.2 Å². The zero-order valence-corrected chi connectivity index (χ0v) is 13.8. The summed E-state index contributed by atoms with van der Waals surface area (Å²) in [5.74, 6) is 1.22. The molecule has 21 heavy (non-hydrogen) atoms. The maximum Gasteiger partial charge on any atom is 0.281 e. The number of hydrogen-bond donors (Lipinski definition) is 0. The normalized spacial score (nSPS) is 20.7. The van der Waals surface area contributed by atoms with E-state index in [0.29, 0.717) is 19.0 Å². The molecule has 0 amide bonds. The molecule has 0 aromatic heterocycles. The van der Waals surface area contributed by atoms with Crippen molar-refractivity contribution in [2.75, 3.05) is 34.3 Å². The summed E-state index contributed by atoms with van der Waals surface area (Å²) in [7, 11) is 1.53. The first-order valence-corrected chi connectivity index (χ1v) is 8.64. The Morgan fingerprint density at radius 2 is 2.05 bits per heavy atom. The van der Waals surface area contributed by atoms with Crippen LogP contribution in [0.3, 0.4) is 0 Å². The lowest BCUT2D eigenvalue weighted by Crippen LogP contribution is -2.45. The predicted octanol–water partition coefficient (Wildman–Crippen LogP) is 1.76. The highest BCUT2D eigenvalue weighted by Gasteiger charge is 2.30. The molecular weight excluding hydrogens is 288 g/mol. The van der Waals surface area contributed by atoms with Gasteiger partial charge in [-0.15, -0.1) is 0 Å². The minimum Gasteiger partial charge on any atom is -0.496 e. The zero-order valence-electron chi connectivity index (χ0n) is 12.9. The molecule has 0 unspecified atom stereocenters.